The van der Waals surface area contributed by atoms with Crippen LogP contribution in [0.4, 0.5) is 5.69 Å². The molecule has 0 saturated heterocycles. The SMILES string of the molecule is CNc1cc(S(=O)(=O)[O-])ccc1S(=O)(=O)[O-].[K+].[K+]. The molecule has 0 amide bonds. The second kappa shape index (κ2) is 8.53. The summed E-state index contributed by atoms with van der Waals surface area (Å²) in [6.45, 7) is 0. The summed E-state index contributed by atoms with van der Waals surface area (Å²) in [4.78, 5) is -1.22. The Morgan fingerprint density at radius 3 is 1.83 bits per heavy atom. The summed E-state index contributed by atoms with van der Waals surface area (Å²) in [5, 5.41) is 2.33. The molecule has 18 heavy (non-hydrogen) atoms. The third kappa shape index (κ3) is 6.26. The summed E-state index contributed by atoms with van der Waals surface area (Å²) in [5.74, 6) is 0. The van der Waals surface area contributed by atoms with Crippen molar-refractivity contribution < 1.29 is 129 Å². The van der Waals surface area contributed by atoms with Gasteiger partial charge >= 0.3 is 103 Å². The van der Waals surface area contributed by atoms with Gasteiger partial charge in [-0.15, -0.1) is 0 Å². The average Bonchev–Trinajstić information content (AvgIpc) is 2.14. The zero-order valence-electron chi connectivity index (χ0n) is 10.00. The van der Waals surface area contributed by atoms with Gasteiger partial charge in [0, 0.05) is 7.05 Å². The molecule has 11 heteroatoms. The number of benzene rings is 1. The molecule has 0 saturated carbocycles. The fourth-order valence-corrected chi connectivity index (χ4v) is 2.24. The Bertz CT molecular complexity index is 613. The average molecular weight is 343 g/mol. The molecule has 0 aliphatic carbocycles. The molecule has 1 aromatic rings. The summed E-state index contributed by atoms with van der Waals surface area (Å²) in [6, 6.07) is 2.35. The van der Waals surface area contributed by atoms with Crippen LogP contribution < -0.4 is 108 Å². The molecule has 0 radical (unpaired) electrons. The Morgan fingerprint density at radius 2 is 1.50 bits per heavy atom. The molecular weight excluding hydrogens is 336 g/mol. The van der Waals surface area contributed by atoms with Crippen molar-refractivity contribution in [3.05, 3.63) is 18.2 Å². The van der Waals surface area contributed by atoms with E-state index in [1.165, 1.54) is 7.05 Å². The molecule has 0 aromatic heterocycles. The van der Waals surface area contributed by atoms with E-state index in [0.717, 1.165) is 18.2 Å². The molecule has 1 aromatic carbocycles. The van der Waals surface area contributed by atoms with Crippen LogP contribution in [0.2, 0.25) is 0 Å². The standard InChI is InChI=1S/C7H9NO6S2.2K/c1-8-6-4-5(15(9,10)11)2-3-7(6)16(12,13)14;;/h2-4,8H,1H3,(H,9,10,11)(H,12,13,14);;/q;2*+1/p-2. The van der Waals surface area contributed by atoms with Gasteiger partial charge in [-0.05, 0) is 18.2 Å². The number of anilines is 1. The van der Waals surface area contributed by atoms with Crippen molar-refractivity contribution in [2.75, 3.05) is 12.4 Å². The third-order valence-electron chi connectivity index (χ3n) is 1.78. The van der Waals surface area contributed by atoms with E-state index in [2.05, 4.69) is 5.32 Å². The van der Waals surface area contributed by atoms with Crippen molar-refractivity contribution in [3.63, 3.8) is 0 Å². The first-order valence-electron chi connectivity index (χ1n) is 3.90. The van der Waals surface area contributed by atoms with Crippen LogP contribution in [-0.4, -0.2) is 33.0 Å². The molecule has 90 valence electrons. The smallest absolute Gasteiger partial charge is 0.744 e. The molecule has 0 heterocycles. The minimum Gasteiger partial charge on any atom is -0.744 e. The van der Waals surface area contributed by atoms with Gasteiger partial charge in [0.25, 0.3) is 0 Å². The number of nitrogens with one attached hydrogen (secondary N) is 1. The van der Waals surface area contributed by atoms with Crippen molar-refractivity contribution in [3.8, 4) is 0 Å². The van der Waals surface area contributed by atoms with Crippen molar-refractivity contribution in [1.82, 2.24) is 0 Å². The zero-order valence-corrected chi connectivity index (χ0v) is 17.9. The fraction of sp³-hybridized carbons (Fsp3) is 0.143. The predicted octanol–water partition coefficient (Wildman–Crippen LogP) is -6.46. The quantitative estimate of drug-likeness (QED) is 0.427. The van der Waals surface area contributed by atoms with E-state index < -0.39 is 30.0 Å². The number of rotatable bonds is 3. The van der Waals surface area contributed by atoms with Crippen LogP contribution in [0.5, 0.6) is 0 Å². The van der Waals surface area contributed by atoms with Crippen LogP contribution in [0, 0.1) is 0 Å². The summed E-state index contributed by atoms with van der Waals surface area (Å²) < 4.78 is 64.2. The van der Waals surface area contributed by atoms with Crippen molar-refractivity contribution in [1.29, 1.82) is 0 Å². The first kappa shape index (κ1) is 22.4. The monoisotopic (exact) mass is 343 g/mol. The van der Waals surface area contributed by atoms with E-state index in [1.807, 2.05) is 0 Å². The maximum absolute atomic E-state index is 10.8. The number of hydrogen-bond donors (Lipinski definition) is 1. The van der Waals surface area contributed by atoms with E-state index in [9.17, 15) is 25.9 Å². The maximum atomic E-state index is 10.8. The molecule has 0 atom stereocenters. The number of hydrogen-bond acceptors (Lipinski definition) is 7. The van der Waals surface area contributed by atoms with Crippen molar-refractivity contribution >= 4 is 25.9 Å². The maximum Gasteiger partial charge on any atom is 1.00 e. The minimum atomic E-state index is -4.72. The van der Waals surface area contributed by atoms with Crippen LogP contribution in [0.15, 0.2) is 28.0 Å². The van der Waals surface area contributed by atoms with Crippen LogP contribution in [0.1, 0.15) is 0 Å². The predicted molar refractivity (Wildman–Crippen MR) is 51.9 cm³/mol. The van der Waals surface area contributed by atoms with Gasteiger partial charge in [0.2, 0.25) is 0 Å². The van der Waals surface area contributed by atoms with Crippen LogP contribution in [0.25, 0.3) is 0 Å². The first-order chi connectivity index (χ1) is 7.16. The van der Waals surface area contributed by atoms with Gasteiger partial charge < -0.3 is 14.4 Å². The van der Waals surface area contributed by atoms with Gasteiger partial charge in [-0.1, -0.05) is 0 Å². The Morgan fingerprint density at radius 1 is 1.00 bits per heavy atom. The Kier molecular flexibility index (Phi) is 10.6. The largest absolute Gasteiger partial charge is 1.00 e. The minimum absolute atomic E-state index is 0. The van der Waals surface area contributed by atoms with Gasteiger partial charge in [0.1, 0.15) is 20.2 Å². The second-order valence-corrected chi connectivity index (χ2v) is 5.54. The first-order valence-corrected chi connectivity index (χ1v) is 6.71. The molecular formula is C7H7K2NO6S2. The van der Waals surface area contributed by atoms with Gasteiger partial charge in [-0.25, -0.2) is 16.8 Å². The molecule has 0 aliphatic heterocycles. The van der Waals surface area contributed by atoms with E-state index >= 15 is 0 Å². The van der Waals surface area contributed by atoms with Crippen LogP contribution >= 0.6 is 0 Å². The Balaban J connectivity index is 0. The summed E-state index contributed by atoms with van der Waals surface area (Å²) in [5.41, 5.74) is -0.230. The Labute approximate surface area is 190 Å². The zero-order chi connectivity index (χ0) is 12.6. The van der Waals surface area contributed by atoms with Gasteiger partial charge in [0.15, 0.2) is 0 Å². The third-order valence-corrected chi connectivity index (χ3v) is 3.50. The van der Waals surface area contributed by atoms with E-state index in [0.29, 0.717) is 0 Å². The van der Waals surface area contributed by atoms with Gasteiger partial charge in [-0.3, -0.25) is 0 Å². The summed E-state index contributed by atoms with van der Waals surface area (Å²) >= 11 is 0. The molecule has 0 aliphatic rings. The van der Waals surface area contributed by atoms with Crippen molar-refractivity contribution in [2.45, 2.75) is 9.79 Å². The Hall–Kier alpha value is 2.11. The van der Waals surface area contributed by atoms with Gasteiger partial charge in [0.05, 0.1) is 15.5 Å². The molecule has 1 rings (SSSR count). The molecule has 0 bridgehead atoms. The normalized spacial score (nSPS) is 11.1. The van der Waals surface area contributed by atoms with E-state index in [1.54, 1.807) is 0 Å². The molecule has 7 nitrogen and oxygen atoms in total. The molecule has 0 fully saturated rings. The summed E-state index contributed by atoms with van der Waals surface area (Å²) in [6.07, 6.45) is 0. The van der Waals surface area contributed by atoms with E-state index in [4.69, 9.17) is 0 Å². The van der Waals surface area contributed by atoms with Gasteiger partial charge in [-0.2, -0.15) is 0 Å². The van der Waals surface area contributed by atoms with Crippen molar-refractivity contribution in [2.24, 2.45) is 0 Å². The summed E-state index contributed by atoms with van der Waals surface area (Å²) in [7, 11) is -8.10. The second-order valence-electron chi connectivity index (χ2n) is 2.82. The van der Waals surface area contributed by atoms with E-state index in [-0.39, 0.29) is 108 Å². The topological polar surface area (TPSA) is 126 Å². The molecule has 0 unspecified atom stereocenters. The van der Waals surface area contributed by atoms with Crippen LogP contribution in [-0.2, 0) is 20.2 Å². The fourth-order valence-electron chi connectivity index (χ4n) is 1.08. The molecule has 0 spiro atoms. The van der Waals surface area contributed by atoms with Crippen LogP contribution in [0.3, 0.4) is 0 Å². The molecule has 1 N–H and O–H groups in total.